The van der Waals surface area contributed by atoms with E-state index in [9.17, 15) is 18.0 Å². The van der Waals surface area contributed by atoms with Gasteiger partial charge in [-0.1, -0.05) is 0 Å². The lowest BCUT2D eigenvalue weighted by atomic mass is 10.0. The number of rotatable bonds is 6. The molecule has 1 heterocycles. The maximum absolute atomic E-state index is 12.0. The van der Waals surface area contributed by atoms with Crippen molar-refractivity contribution in [1.82, 2.24) is 0 Å². The van der Waals surface area contributed by atoms with Gasteiger partial charge in [-0.2, -0.15) is 0 Å². The zero-order chi connectivity index (χ0) is 15.3. The third kappa shape index (κ3) is 5.38. The van der Waals surface area contributed by atoms with Crippen LogP contribution in [-0.4, -0.2) is 24.9 Å². The van der Waals surface area contributed by atoms with Crippen LogP contribution in [0.5, 0.6) is 5.75 Å². The topological polar surface area (TPSA) is 35.5 Å². The van der Waals surface area contributed by atoms with E-state index < -0.39 is 6.36 Å². The predicted octanol–water partition coefficient (Wildman–Crippen LogP) is 4.12. The van der Waals surface area contributed by atoms with Crippen molar-refractivity contribution < 1.29 is 27.4 Å². The highest BCUT2D eigenvalue weighted by molar-refractivity contribution is 5.96. The highest BCUT2D eigenvalue weighted by Crippen LogP contribution is 2.23. The summed E-state index contributed by atoms with van der Waals surface area (Å²) in [5.41, 5.74) is 0.400. The highest BCUT2D eigenvalue weighted by atomic mass is 19.4. The van der Waals surface area contributed by atoms with Gasteiger partial charge in [0.1, 0.15) is 5.75 Å². The molecule has 0 spiro atoms. The maximum atomic E-state index is 12.0. The van der Waals surface area contributed by atoms with Crippen LogP contribution in [0.3, 0.4) is 0 Å². The molecule has 0 amide bonds. The van der Waals surface area contributed by atoms with Gasteiger partial charge in [0.2, 0.25) is 0 Å². The SMILES string of the molecule is O=C(CCCC1CCCO1)c1ccc(OC(F)(F)F)cc1. The lowest BCUT2D eigenvalue weighted by Crippen LogP contribution is -2.17. The lowest BCUT2D eigenvalue weighted by Gasteiger charge is -2.10. The summed E-state index contributed by atoms with van der Waals surface area (Å²) in [7, 11) is 0. The Kier molecular flexibility index (Phi) is 5.22. The quantitative estimate of drug-likeness (QED) is 0.742. The molecule has 116 valence electrons. The molecule has 6 heteroatoms. The van der Waals surface area contributed by atoms with E-state index in [4.69, 9.17) is 4.74 Å². The molecule has 1 aromatic rings. The first kappa shape index (κ1) is 15.8. The standard InChI is InChI=1S/C15H17F3O3/c16-15(17,18)21-13-8-6-11(7-9-13)14(19)5-1-3-12-4-2-10-20-12/h6-9,12H,1-5,10H2. The Balaban J connectivity index is 1.79. The van der Waals surface area contributed by atoms with E-state index >= 15 is 0 Å². The van der Waals surface area contributed by atoms with Gasteiger partial charge in [0.15, 0.2) is 5.78 Å². The number of hydrogen-bond donors (Lipinski definition) is 0. The summed E-state index contributed by atoms with van der Waals surface area (Å²) < 4.78 is 45.3. The zero-order valence-electron chi connectivity index (χ0n) is 11.5. The van der Waals surface area contributed by atoms with Crippen molar-refractivity contribution in [2.45, 2.75) is 44.6 Å². The fourth-order valence-corrected chi connectivity index (χ4v) is 2.35. The average Bonchev–Trinajstić information content (AvgIpc) is 2.91. The van der Waals surface area contributed by atoms with Crippen molar-refractivity contribution >= 4 is 5.78 Å². The van der Waals surface area contributed by atoms with Gasteiger partial charge < -0.3 is 9.47 Å². The van der Waals surface area contributed by atoms with Gasteiger partial charge >= 0.3 is 6.36 Å². The molecule has 0 radical (unpaired) electrons. The van der Waals surface area contributed by atoms with E-state index in [1.54, 1.807) is 0 Å². The number of ketones is 1. The number of ether oxygens (including phenoxy) is 2. The maximum Gasteiger partial charge on any atom is 0.573 e. The van der Waals surface area contributed by atoms with E-state index in [2.05, 4.69) is 4.74 Å². The summed E-state index contributed by atoms with van der Waals surface area (Å²) in [6.07, 6.45) is -0.408. The second kappa shape index (κ2) is 6.93. The van der Waals surface area contributed by atoms with Crippen molar-refractivity contribution in [3.63, 3.8) is 0 Å². The van der Waals surface area contributed by atoms with Crippen LogP contribution in [-0.2, 0) is 4.74 Å². The molecule has 1 fully saturated rings. The van der Waals surface area contributed by atoms with Gasteiger partial charge in [0.25, 0.3) is 0 Å². The predicted molar refractivity (Wildman–Crippen MR) is 70.3 cm³/mol. The molecule has 0 bridgehead atoms. The Morgan fingerprint density at radius 3 is 2.57 bits per heavy atom. The molecule has 1 aliphatic heterocycles. The fraction of sp³-hybridized carbons (Fsp3) is 0.533. The molecular weight excluding hydrogens is 285 g/mol. The number of benzene rings is 1. The first-order chi connectivity index (χ1) is 9.94. The number of halogens is 3. The van der Waals surface area contributed by atoms with Gasteiger partial charge in [-0.3, -0.25) is 4.79 Å². The van der Waals surface area contributed by atoms with Crippen LogP contribution in [0.2, 0.25) is 0 Å². The van der Waals surface area contributed by atoms with Crippen LogP contribution in [0.1, 0.15) is 42.5 Å². The molecule has 2 rings (SSSR count). The minimum absolute atomic E-state index is 0.0773. The number of alkyl halides is 3. The van der Waals surface area contributed by atoms with E-state index in [1.807, 2.05) is 0 Å². The fourth-order valence-electron chi connectivity index (χ4n) is 2.35. The molecule has 1 aliphatic rings. The van der Waals surface area contributed by atoms with Crippen LogP contribution in [0, 0.1) is 0 Å². The van der Waals surface area contributed by atoms with Crippen molar-refractivity contribution in [1.29, 1.82) is 0 Å². The number of carbonyl (C=O) groups is 1. The smallest absolute Gasteiger partial charge is 0.406 e. The van der Waals surface area contributed by atoms with Gasteiger partial charge in [-0.25, -0.2) is 0 Å². The minimum atomic E-state index is -4.72. The Morgan fingerprint density at radius 1 is 1.29 bits per heavy atom. The third-order valence-corrected chi connectivity index (χ3v) is 3.36. The van der Waals surface area contributed by atoms with Crippen molar-refractivity contribution in [2.24, 2.45) is 0 Å². The molecule has 0 aliphatic carbocycles. The average molecular weight is 302 g/mol. The molecule has 0 saturated carbocycles. The molecule has 1 atom stereocenters. The van der Waals surface area contributed by atoms with Crippen LogP contribution >= 0.6 is 0 Å². The minimum Gasteiger partial charge on any atom is -0.406 e. The van der Waals surface area contributed by atoms with Gasteiger partial charge in [-0.15, -0.1) is 13.2 Å². The Labute approximate surface area is 121 Å². The van der Waals surface area contributed by atoms with E-state index in [1.165, 1.54) is 12.1 Å². The second-order valence-corrected chi connectivity index (χ2v) is 5.02. The molecule has 21 heavy (non-hydrogen) atoms. The van der Waals surface area contributed by atoms with Crippen molar-refractivity contribution in [2.75, 3.05) is 6.61 Å². The third-order valence-electron chi connectivity index (χ3n) is 3.36. The highest BCUT2D eigenvalue weighted by Gasteiger charge is 2.31. The largest absolute Gasteiger partial charge is 0.573 e. The summed E-state index contributed by atoms with van der Waals surface area (Å²) in [4.78, 5) is 11.9. The van der Waals surface area contributed by atoms with Gasteiger partial charge in [0, 0.05) is 18.6 Å². The van der Waals surface area contributed by atoms with E-state index in [0.29, 0.717) is 12.0 Å². The van der Waals surface area contributed by atoms with E-state index in [-0.39, 0.29) is 17.6 Å². The van der Waals surface area contributed by atoms with Crippen LogP contribution in [0.4, 0.5) is 13.2 Å². The van der Waals surface area contributed by atoms with Gasteiger partial charge in [0.05, 0.1) is 6.10 Å². The second-order valence-electron chi connectivity index (χ2n) is 5.02. The molecule has 1 aromatic carbocycles. The normalized spacial score (nSPS) is 18.7. The van der Waals surface area contributed by atoms with Crippen molar-refractivity contribution in [3.05, 3.63) is 29.8 Å². The lowest BCUT2D eigenvalue weighted by molar-refractivity contribution is -0.274. The molecular formula is C15H17F3O3. The summed E-state index contributed by atoms with van der Waals surface area (Å²) in [5, 5.41) is 0. The zero-order valence-corrected chi connectivity index (χ0v) is 11.5. The number of Topliss-reactive ketones (excluding diaryl/α,β-unsaturated/α-hetero) is 1. The summed E-state index contributed by atoms with van der Waals surface area (Å²) >= 11 is 0. The molecule has 0 N–H and O–H groups in total. The molecule has 0 aromatic heterocycles. The monoisotopic (exact) mass is 302 g/mol. The summed E-state index contributed by atoms with van der Waals surface area (Å²) in [6.45, 7) is 0.791. The Morgan fingerprint density at radius 2 is 2.00 bits per heavy atom. The van der Waals surface area contributed by atoms with Crippen LogP contribution in [0.15, 0.2) is 24.3 Å². The summed E-state index contributed by atoms with van der Waals surface area (Å²) in [5.74, 6) is -0.398. The van der Waals surface area contributed by atoms with Crippen molar-refractivity contribution in [3.8, 4) is 5.75 Å². The summed E-state index contributed by atoms with van der Waals surface area (Å²) in [6, 6.07) is 5.02. The van der Waals surface area contributed by atoms with Crippen LogP contribution < -0.4 is 4.74 Å². The number of hydrogen-bond acceptors (Lipinski definition) is 3. The first-order valence-electron chi connectivity index (χ1n) is 6.95. The number of carbonyl (C=O) groups excluding carboxylic acids is 1. The molecule has 3 nitrogen and oxygen atoms in total. The van der Waals surface area contributed by atoms with Crippen LogP contribution in [0.25, 0.3) is 0 Å². The molecule has 1 unspecified atom stereocenters. The Hall–Kier alpha value is -1.56. The van der Waals surface area contributed by atoms with E-state index in [0.717, 1.165) is 44.4 Å². The first-order valence-corrected chi connectivity index (χ1v) is 6.95. The Bertz CT molecular complexity index is 462. The van der Waals surface area contributed by atoms with Gasteiger partial charge in [-0.05, 0) is 49.9 Å². The molecule has 1 saturated heterocycles.